The SMILES string of the molecule is O=Cc1cccc(-c2ccc(NCCc3ccncc3)nc2)c1. The molecule has 0 aliphatic rings. The number of rotatable bonds is 6. The topological polar surface area (TPSA) is 54.9 Å². The van der Waals surface area contributed by atoms with Crippen LogP contribution in [0, 0.1) is 0 Å². The lowest BCUT2D eigenvalue weighted by atomic mass is 10.1. The first-order valence-corrected chi connectivity index (χ1v) is 7.49. The van der Waals surface area contributed by atoms with Gasteiger partial charge in [-0.1, -0.05) is 18.2 Å². The van der Waals surface area contributed by atoms with Gasteiger partial charge in [-0.25, -0.2) is 4.98 Å². The van der Waals surface area contributed by atoms with Gasteiger partial charge in [-0.15, -0.1) is 0 Å². The first-order valence-electron chi connectivity index (χ1n) is 7.49. The second kappa shape index (κ2) is 7.31. The molecular weight excluding hydrogens is 286 g/mol. The molecule has 0 bridgehead atoms. The summed E-state index contributed by atoms with van der Waals surface area (Å²) >= 11 is 0. The van der Waals surface area contributed by atoms with E-state index in [-0.39, 0.29) is 0 Å². The predicted octanol–water partition coefficient (Wildman–Crippen LogP) is 3.61. The molecule has 3 aromatic rings. The van der Waals surface area contributed by atoms with Crippen molar-refractivity contribution in [3.63, 3.8) is 0 Å². The van der Waals surface area contributed by atoms with Crippen LogP contribution in [0.2, 0.25) is 0 Å². The summed E-state index contributed by atoms with van der Waals surface area (Å²) in [5, 5.41) is 3.31. The molecule has 3 rings (SSSR count). The molecule has 0 amide bonds. The number of aromatic nitrogens is 2. The third-order valence-corrected chi connectivity index (χ3v) is 3.59. The largest absolute Gasteiger partial charge is 0.370 e. The minimum atomic E-state index is 0.669. The van der Waals surface area contributed by atoms with Crippen LogP contribution in [-0.2, 0) is 6.42 Å². The zero-order valence-electron chi connectivity index (χ0n) is 12.6. The van der Waals surface area contributed by atoms with Crippen molar-refractivity contribution in [2.24, 2.45) is 0 Å². The Morgan fingerprint density at radius 1 is 1.00 bits per heavy atom. The first-order chi connectivity index (χ1) is 11.3. The Bertz CT molecular complexity index is 770. The van der Waals surface area contributed by atoms with E-state index < -0.39 is 0 Å². The van der Waals surface area contributed by atoms with Gasteiger partial charge in [0.05, 0.1) is 0 Å². The molecule has 1 N–H and O–H groups in total. The Labute approximate surface area is 135 Å². The Hall–Kier alpha value is -3.01. The zero-order chi connectivity index (χ0) is 15.9. The fourth-order valence-corrected chi connectivity index (χ4v) is 2.35. The smallest absolute Gasteiger partial charge is 0.150 e. The van der Waals surface area contributed by atoms with Gasteiger partial charge in [0.25, 0.3) is 0 Å². The normalized spacial score (nSPS) is 10.3. The highest BCUT2D eigenvalue weighted by atomic mass is 16.1. The number of benzene rings is 1. The van der Waals surface area contributed by atoms with Gasteiger partial charge in [-0.2, -0.15) is 0 Å². The van der Waals surface area contributed by atoms with Crippen LogP contribution in [-0.4, -0.2) is 22.8 Å². The van der Waals surface area contributed by atoms with Crippen LogP contribution < -0.4 is 5.32 Å². The quantitative estimate of drug-likeness (QED) is 0.707. The molecule has 23 heavy (non-hydrogen) atoms. The fourth-order valence-electron chi connectivity index (χ4n) is 2.35. The summed E-state index contributed by atoms with van der Waals surface area (Å²) in [7, 11) is 0. The zero-order valence-corrected chi connectivity index (χ0v) is 12.6. The fraction of sp³-hybridized carbons (Fsp3) is 0.105. The number of pyridine rings is 2. The number of nitrogens with one attached hydrogen (secondary N) is 1. The van der Waals surface area contributed by atoms with Gasteiger partial charge in [0.15, 0.2) is 0 Å². The molecule has 4 nitrogen and oxygen atoms in total. The standard InChI is InChI=1S/C19H17N3O/c23-14-16-2-1-3-17(12-16)18-4-5-19(22-13-18)21-11-8-15-6-9-20-10-7-15/h1-7,9-10,12-14H,8,11H2,(H,21,22). The molecule has 0 saturated heterocycles. The van der Waals surface area contributed by atoms with Crippen molar-refractivity contribution < 1.29 is 4.79 Å². The van der Waals surface area contributed by atoms with Crippen LogP contribution in [0.5, 0.6) is 0 Å². The van der Waals surface area contributed by atoms with Crippen LogP contribution >= 0.6 is 0 Å². The number of nitrogens with zero attached hydrogens (tertiary/aromatic N) is 2. The highest BCUT2D eigenvalue weighted by Gasteiger charge is 2.01. The maximum Gasteiger partial charge on any atom is 0.150 e. The second-order valence-corrected chi connectivity index (χ2v) is 5.21. The summed E-state index contributed by atoms with van der Waals surface area (Å²) in [5.74, 6) is 0.842. The lowest BCUT2D eigenvalue weighted by Crippen LogP contribution is -2.06. The monoisotopic (exact) mass is 303 g/mol. The molecular formula is C19H17N3O. The van der Waals surface area contributed by atoms with Crippen molar-refractivity contribution in [3.8, 4) is 11.1 Å². The summed E-state index contributed by atoms with van der Waals surface area (Å²) in [6.45, 7) is 0.816. The van der Waals surface area contributed by atoms with Crippen molar-refractivity contribution in [2.45, 2.75) is 6.42 Å². The number of hydrogen-bond donors (Lipinski definition) is 1. The molecule has 0 unspecified atom stereocenters. The molecule has 0 fully saturated rings. The van der Waals surface area contributed by atoms with Gasteiger partial charge < -0.3 is 5.32 Å². The van der Waals surface area contributed by atoms with E-state index in [1.807, 2.05) is 48.7 Å². The van der Waals surface area contributed by atoms with E-state index in [1.165, 1.54) is 5.56 Å². The maximum atomic E-state index is 10.8. The Balaban J connectivity index is 1.61. The van der Waals surface area contributed by atoms with Crippen LogP contribution in [0.25, 0.3) is 11.1 Å². The first kappa shape index (κ1) is 14.9. The third kappa shape index (κ3) is 4.01. The highest BCUT2D eigenvalue weighted by Crippen LogP contribution is 2.20. The third-order valence-electron chi connectivity index (χ3n) is 3.59. The van der Waals surface area contributed by atoms with E-state index in [1.54, 1.807) is 18.5 Å². The van der Waals surface area contributed by atoms with Crippen LogP contribution in [0.4, 0.5) is 5.82 Å². The molecule has 0 aliphatic carbocycles. The van der Waals surface area contributed by atoms with E-state index >= 15 is 0 Å². The van der Waals surface area contributed by atoms with Gasteiger partial charge in [-0.05, 0) is 47.9 Å². The molecule has 0 spiro atoms. The average Bonchev–Trinajstić information content (AvgIpc) is 2.63. The number of carbonyl (C=O) groups excluding carboxylic acids is 1. The molecule has 2 heterocycles. The minimum Gasteiger partial charge on any atom is -0.370 e. The second-order valence-electron chi connectivity index (χ2n) is 5.21. The van der Waals surface area contributed by atoms with Crippen molar-refractivity contribution in [3.05, 3.63) is 78.2 Å². The number of hydrogen-bond acceptors (Lipinski definition) is 4. The van der Waals surface area contributed by atoms with Crippen LogP contribution in [0.15, 0.2) is 67.1 Å². The lowest BCUT2D eigenvalue weighted by molar-refractivity contribution is 0.112. The molecule has 0 atom stereocenters. The van der Waals surface area contributed by atoms with E-state index in [4.69, 9.17) is 0 Å². The van der Waals surface area contributed by atoms with Crippen molar-refractivity contribution in [1.29, 1.82) is 0 Å². The van der Waals surface area contributed by atoms with Crippen molar-refractivity contribution in [2.75, 3.05) is 11.9 Å². The molecule has 0 saturated carbocycles. The number of aldehydes is 1. The summed E-state index contributed by atoms with van der Waals surface area (Å²) in [6, 6.07) is 15.5. The van der Waals surface area contributed by atoms with Gasteiger partial charge in [0.1, 0.15) is 12.1 Å². The van der Waals surface area contributed by atoms with Gasteiger partial charge in [0.2, 0.25) is 0 Å². The number of anilines is 1. The van der Waals surface area contributed by atoms with Crippen molar-refractivity contribution >= 4 is 12.1 Å². The Kier molecular flexibility index (Phi) is 4.74. The van der Waals surface area contributed by atoms with Gasteiger partial charge in [0, 0.05) is 36.3 Å². The van der Waals surface area contributed by atoms with E-state index in [9.17, 15) is 4.79 Å². The van der Waals surface area contributed by atoms with E-state index in [0.29, 0.717) is 5.56 Å². The minimum absolute atomic E-state index is 0.669. The summed E-state index contributed by atoms with van der Waals surface area (Å²) in [4.78, 5) is 19.3. The summed E-state index contributed by atoms with van der Waals surface area (Å²) < 4.78 is 0. The molecule has 114 valence electrons. The molecule has 0 aliphatic heterocycles. The van der Waals surface area contributed by atoms with Crippen molar-refractivity contribution in [1.82, 2.24) is 9.97 Å². The predicted molar refractivity (Wildman–Crippen MR) is 91.5 cm³/mol. The van der Waals surface area contributed by atoms with Gasteiger partial charge in [-0.3, -0.25) is 9.78 Å². The Morgan fingerprint density at radius 2 is 1.87 bits per heavy atom. The highest BCUT2D eigenvalue weighted by molar-refractivity contribution is 5.78. The van der Waals surface area contributed by atoms with Crippen LogP contribution in [0.3, 0.4) is 0 Å². The maximum absolute atomic E-state index is 10.8. The summed E-state index contributed by atoms with van der Waals surface area (Å²) in [5.41, 5.74) is 3.90. The van der Waals surface area contributed by atoms with E-state index in [2.05, 4.69) is 15.3 Å². The van der Waals surface area contributed by atoms with Gasteiger partial charge >= 0.3 is 0 Å². The molecule has 0 radical (unpaired) electrons. The van der Waals surface area contributed by atoms with Crippen LogP contribution in [0.1, 0.15) is 15.9 Å². The summed E-state index contributed by atoms with van der Waals surface area (Å²) in [6.07, 6.45) is 7.20. The lowest BCUT2D eigenvalue weighted by Gasteiger charge is -2.07. The van der Waals surface area contributed by atoms with E-state index in [0.717, 1.165) is 36.2 Å². The Morgan fingerprint density at radius 3 is 2.61 bits per heavy atom. The molecule has 2 aromatic heterocycles. The number of carbonyl (C=O) groups is 1. The average molecular weight is 303 g/mol. The molecule has 1 aromatic carbocycles. The molecule has 4 heteroatoms.